The van der Waals surface area contributed by atoms with Crippen molar-refractivity contribution >= 4 is 27.5 Å². The van der Waals surface area contributed by atoms with Crippen molar-refractivity contribution in [2.45, 2.75) is 32.7 Å². The van der Waals surface area contributed by atoms with Gasteiger partial charge in [-0.3, -0.25) is 4.98 Å². The number of rotatable bonds is 6. The highest BCUT2D eigenvalue weighted by Crippen LogP contribution is 2.30. The molecule has 4 heteroatoms. The molecule has 0 fully saturated rings. The van der Waals surface area contributed by atoms with Gasteiger partial charge in [-0.25, -0.2) is 0 Å². The highest BCUT2D eigenvalue weighted by molar-refractivity contribution is 9.10. The molecule has 0 aliphatic rings. The Morgan fingerprint density at radius 3 is 2.86 bits per heavy atom. The van der Waals surface area contributed by atoms with E-state index in [1.807, 2.05) is 6.07 Å². The van der Waals surface area contributed by atoms with Crippen molar-refractivity contribution in [1.29, 1.82) is 0 Å². The monoisotopic (exact) mass is 366 g/mol. The first kappa shape index (κ1) is 16.5. The fraction of sp³-hybridized carbons (Fsp3) is 0.353. The summed E-state index contributed by atoms with van der Waals surface area (Å²) in [7, 11) is 0. The lowest BCUT2D eigenvalue weighted by molar-refractivity contribution is 0.527. The molecule has 0 aliphatic carbocycles. The number of aromatic nitrogens is 1. The van der Waals surface area contributed by atoms with Crippen LogP contribution in [0.2, 0.25) is 5.02 Å². The molecule has 0 amide bonds. The Morgan fingerprint density at radius 1 is 1.33 bits per heavy atom. The van der Waals surface area contributed by atoms with Crippen LogP contribution in [0.5, 0.6) is 0 Å². The third-order valence-electron chi connectivity index (χ3n) is 3.52. The van der Waals surface area contributed by atoms with E-state index in [-0.39, 0.29) is 6.04 Å². The molecule has 1 atom stereocenters. The fourth-order valence-electron chi connectivity index (χ4n) is 2.34. The number of nitrogens with zero attached hydrogens (tertiary/aromatic N) is 1. The van der Waals surface area contributed by atoms with E-state index in [2.05, 4.69) is 58.3 Å². The van der Waals surface area contributed by atoms with Crippen LogP contribution in [0, 0.1) is 6.92 Å². The number of pyridine rings is 1. The summed E-state index contributed by atoms with van der Waals surface area (Å²) in [4.78, 5) is 4.06. The predicted octanol–water partition coefficient (Wildman–Crippen LogP) is 5.09. The molecule has 0 bridgehead atoms. The molecule has 21 heavy (non-hydrogen) atoms. The molecular weight excluding hydrogens is 348 g/mol. The van der Waals surface area contributed by atoms with Gasteiger partial charge < -0.3 is 5.32 Å². The summed E-state index contributed by atoms with van der Waals surface area (Å²) in [6.07, 6.45) is 5.45. The van der Waals surface area contributed by atoms with Gasteiger partial charge in [0.1, 0.15) is 0 Å². The smallest absolute Gasteiger partial charge is 0.0622 e. The van der Waals surface area contributed by atoms with Gasteiger partial charge in [0.2, 0.25) is 0 Å². The molecule has 0 aliphatic heterocycles. The second-order valence-corrected chi connectivity index (χ2v) is 6.36. The number of aryl methyl sites for hydroxylation is 1. The molecule has 112 valence electrons. The van der Waals surface area contributed by atoms with Gasteiger partial charge in [0, 0.05) is 22.9 Å². The van der Waals surface area contributed by atoms with Crippen LogP contribution in [0.1, 0.15) is 36.1 Å². The van der Waals surface area contributed by atoms with Crippen molar-refractivity contribution in [2.24, 2.45) is 0 Å². The molecule has 2 aromatic rings. The lowest BCUT2D eigenvalue weighted by Gasteiger charge is -2.22. The number of hydrogen-bond acceptors (Lipinski definition) is 2. The summed E-state index contributed by atoms with van der Waals surface area (Å²) in [6.45, 7) is 5.27. The topological polar surface area (TPSA) is 24.9 Å². The van der Waals surface area contributed by atoms with Crippen LogP contribution in [-0.2, 0) is 6.42 Å². The van der Waals surface area contributed by atoms with E-state index in [1.165, 1.54) is 15.6 Å². The van der Waals surface area contributed by atoms with Crippen molar-refractivity contribution in [2.75, 3.05) is 6.54 Å². The normalized spacial score (nSPS) is 12.4. The number of hydrogen-bond donors (Lipinski definition) is 1. The molecule has 1 N–H and O–H groups in total. The summed E-state index contributed by atoms with van der Waals surface area (Å²) in [5.74, 6) is 0. The average Bonchev–Trinajstić information content (AvgIpc) is 2.48. The highest BCUT2D eigenvalue weighted by Gasteiger charge is 2.16. The molecule has 1 unspecified atom stereocenters. The highest BCUT2D eigenvalue weighted by atomic mass is 79.9. The first-order valence-corrected chi connectivity index (χ1v) is 8.37. The Morgan fingerprint density at radius 2 is 2.14 bits per heavy atom. The maximum Gasteiger partial charge on any atom is 0.0622 e. The summed E-state index contributed by atoms with van der Waals surface area (Å²) < 4.78 is 1.17. The molecule has 1 heterocycles. The zero-order valence-electron chi connectivity index (χ0n) is 12.4. The van der Waals surface area contributed by atoms with Gasteiger partial charge in [0.25, 0.3) is 0 Å². The SMILES string of the molecule is CCCNC(Cc1ccncc1Cl)c1cccc(C)c1Br. The molecule has 0 radical (unpaired) electrons. The minimum Gasteiger partial charge on any atom is -0.310 e. The Kier molecular flexibility index (Phi) is 6.22. The fourth-order valence-corrected chi connectivity index (χ4v) is 3.08. The van der Waals surface area contributed by atoms with Crippen molar-refractivity contribution < 1.29 is 0 Å². The Bertz CT molecular complexity index is 601. The van der Waals surface area contributed by atoms with E-state index in [4.69, 9.17) is 11.6 Å². The first-order chi connectivity index (χ1) is 10.1. The van der Waals surface area contributed by atoms with Crippen LogP contribution in [0.15, 0.2) is 41.1 Å². The summed E-state index contributed by atoms with van der Waals surface area (Å²) in [5, 5.41) is 4.35. The van der Waals surface area contributed by atoms with Crippen LogP contribution in [0.3, 0.4) is 0 Å². The quantitative estimate of drug-likeness (QED) is 0.769. The van der Waals surface area contributed by atoms with Gasteiger partial charge >= 0.3 is 0 Å². The molecule has 1 aromatic heterocycles. The van der Waals surface area contributed by atoms with E-state index in [0.717, 1.165) is 30.0 Å². The zero-order valence-corrected chi connectivity index (χ0v) is 14.7. The molecule has 2 rings (SSSR count). The molecule has 0 saturated heterocycles. The predicted molar refractivity (Wildman–Crippen MR) is 92.9 cm³/mol. The van der Waals surface area contributed by atoms with Gasteiger partial charge in [-0.15, -0.1) is 0 Å². The van der Waals surface area contributed by atoms with Crippen LogP contribution >= 0.6 is 27.5 Å². The minimum atomic E-state index is 0.235. The average molecular weight is 368 g/mol. The number of benzene rings is 1. The summed E-state index contributed by atoms with van der Waals surface area (Å²) in [5.41, 5.74) is 3.64. The third kappa shape index (κ3) is 4.29. The van der Waals surface area contributed by atoms with Crippen LogP contribution < -0.4 is 5.32 Å². The maximum atomic E-state index is 6.26. The molecule has 0 saturated carbocycles. The summed E-state index contributed by atoms with van der Waals surface area (Å²) in [6, 6.07) is 8.61. The lowest BCUT2D eigenvalue weighted by Crippen LogP contribution is -2.24. The van der Waals surface area contributed by atoms with Crippen LogP contribution in [0.4, 0.5) is 0 Å². The third-order valence-corrected chi connectivity index (χ3v) is 4.94. The second-order valence-electron chi connectivity index (χ2n) is 5.16. The minimum absolute atomic E-state index is 0.235. The van der Waals surface area contributed by atoms with Crippen molar-refractivity contribution in [3.63, 3.8) is 0 Å². The molecule has 1 aromatic carbocycles. The van der Waals surface area contributed by atoms with E-state index in [9.17, 15) is 0 Å². The van der Waals surface area contributed by atoms with Crippen molar-refractivity contribution in [3.8, 4) is 0 Å². The largest absolute Gasteiger partial charge is 0.310 e. The van der Waals surface area contributed by atoms with Gasteiger partial charge in [-0.1, -0.05) is 52.7 Å². The van der Waals surface area contributed by atoms with Gasteiger partial charge in [0.15, 0.2) is 0 Å². The van der Waals surface area contributed by atoms with E-state index in [1.54, 1.807) is 12.4 Å². The summed E-state index contributed by atoms with van der Waals surface area (Å²) >= 11 is 9.98. The van der Waals surface area contributed by atoms with Crippen LogP contribution in [0.25, 0.3) is 0 Å². The van der Waals surface area contributed by atoms with E-state index in [0.29, 0.717) is 0 Å². The van der Waals surface area contributed by atoms with Gasteiger partial charge in [-0.2, -0.15) is 0 Å². The lowest BCUT2D eigenvalue weighted by atomic mass is 9.98. The number of halogens is 2. The van der Waals surface area contributed by atoms with E-state index < -0.39 is 0 Å². The van der Waals surface area contributed by atoms with Gasteiger partial charge in [-0.05, 0) is 49.1 Å². The molecule has 2 nitrogen and oxygen atoms in total. The Labute approximate surface area is 140 Å². The standard InChI is InChI=1S/C17H20BrClN2/c1-3-8-21-16(10-13-7-9-20-11-15(13)19)14-6-4-5-12(2)17(14)18/h4-7,9,11,16,21H,3,8,10H2,1-2H3. The molecule has 0 spiro atoms. The zero-order chi connectivity index (χ0) is 15.2. The Balaban J connectivity index is 2.30. The second kappa shape index (κ2) is 7.92. The van der Waals surface area contributed by atoms with Crippen molar-refractivity contribution in [3.05, 3.63) is 62.8 Å². The van der Waals surface area contributed by atoms with Crippen LogP contribution in [-0.4, -0.2) is 11.5 Å². The maximum absolute atomic E-state index is 6.26. The van der Waals surface area contributed by atoms with E-state index >= 15 is 0 Å². The molecular formula is C17H20BrClN2. The first-order valence-electron chi connectivity index (χ1n) is 7.20. The van der Waals surface area contributed by atoms with Crippen molar-refractivity contribution in [1.82, 2.24) is 10.3 Å². The number of nitrogens with one attached hydrogen (secondary N) is 1. The van der Waals surface area contributed by atoms with Gasteiger partial charge in [0.05, 0.1) is 5.02 Å². The Hall–Kier alpha value is -0.900.